The lowest BCUT2D eigenvalue weighted by molar-refractivity contribution is -0.122. The minimum Gasteiger partial charge on any atom is -0.494 e. The first kappa shape index (κ1) is 28.3. The van der Waals surface area contributed by atoms with Crippen molar-refractivity contribution in [3.8, 4) is 17.2 Å². The normalized spacial score (nSPS) is 11.6. The number of benzene rings is 3. The second-order valence-corrected chi connectivity index (χ2v) is 8.29. The van der Waals surface area contributed by atoms with Crippen LogP contribution in [0.15, 0.2) is 72.8 Å². The summed E-state index contributed by atoms with van der Waals surface area (Å²) in [4.78, 5) is 24.1. The number of amides is 1. The summed E-state index contributed by atoms with van der Waals surface area (Å²) in [7, 11) is 0. The molecule has 0 aliphatic carbocycles. The number of nitrogens with two attached hydrogens (primary N) is 1. The summed E-state index contributed by atoms with van der Waals surface area (Å²) in [5, 5.41) is 2.66. The standard InChI is InChI=1S/C30H34N2O6/c1-3-35-26-18-24(19-27(21-26)36-4-2)11-10-22-12-14-25(15-13-22)38-30(34)37-17-16-32-29(33)28(31)20-23-8-6-5-7-9-23/h5-15,18-19,21,28H,3-4,16-17,20,31H2,1-2H3,(H,32,33). The van der Waals surface area contributed by atoms with Gasteiger partial charge in [-0.3, -0.25) is 4.79 Å². The van der Waals surface area contributed by atoms with Gasteiger partial charge in [-0.05, 0) is 61.2 Å². The molecule has 200 valence electrons. The molecule has 0 spiro atoms. The maximum atomic E-state index is 12.1. The van der Waals surface area contributed by atoms with Crippen molar-refractivity contribution in [1.82, 2.24) is 5.32 Å². The monoisotopic (exact) mass is 518 g/mol. The molecule has 0 fully saturated rings. The van der Waals surface area contributed by atoms with Crippen molar-refractivity contribution >= 4 is 24.2 Å². The zero-order valence-corrected chi connectivity index (χ0v) is 21.7. The molecule has 0 aliphatic heterocycles. The first-order valence-corrected chi connectivity index (χ1v) is 12.6. The van der Waals surface area contributed by atoms with Gasteiger partial charge in [0.25, 0.3) is 0 Å². The fourth-order valence-electron chi connectivity index (χ4n) is 3.56. The van der Waals surface area contributed by atoms with E-state index >= 15 is 0 Å². The molecule has 0 aliphatic rings. The summed E-state index contributed by atoms with van der Waals surface area (Å²) in [6, 6.07) is 21.6. The number of rotatable bonds is 13. The van der Waals surface area contributed by atoms with Crippen molar-refractivity contribution in [3.63, 3.8) is 0 Å². The van der Waals surface area contributed by atoms with E-state index in [-0.39, 0.29) is 19.1 Å². The molecule has 3 rings (SSSR count). The molecule has 0 heterocycles. The Kier molecular flexibility index (Phi) is 11.2. The lowest BCUT2D eigenvalue weighted by Gasteiger charge is -2.12. The molecule has 8 nitrogen and oxygen atoms in total. The van der Waals surface area contributed by atoms with Crippen LogP contribution in [0, 0.1) is 0 Å². The largest absolute Gasteiger partial charge is 0.513 e. The van der Waals surface area contributed by atoms with Crippen LogP contribution in [0.25, 0.3) is 12.2 Å². The van der Waals surface area contributed by atoms with E-state index in [0.29, 0.717) is 25.4 Å². The summed E-state index contributed by atoms with van der Waals surface area (Å²) in [5.41, 5.74) is 8.77. The van der Waals surface area contributed by atoms with Gasteiger partial charge in [-0.1, -0.05) is 54.6 Å². The SMILES string of the molecule is CCOc1cc(C=Cc2ccc(OC(=O)OCCNC(=O)C(N)Cc3ccccc3)cc2)cc(OCC)c1. The Hall–Kier alpha value is -4.30. The summed E-state index contributed by atoms with van der Waals surface area (Å²) >= 11 is 0. The van der Waals surface area contributed by atoms with Crippen LogP contribution in [-0.2, 0) is 16.0 Å². The van der Waals surface area contributed by atoms with E-state index in [4.69, 9.17) is 24.7 Å². The number of hydrogen-bond donors (Lipinski definition) is 2. The predicted octanol–water partition coefficient (Wildman–Crippen LogP) is 4.86. The molecule has 0 bridgehead atoms. The molecule has 0 radical (unpaired) electrons. The third-order valence-electron chi connectivity index (χ3n) is 5.33. The molecule has 1 atom stereocenters. The molecule has 0 aromatic heterocycles. The molecule has 3 N–H and O–H groups in total. The highest BCUT2D eigenvalue weighted by molar-refractivity contribution is 5.81. The quantitative estimate of drug-likeness (QED) is 0.144. The van der Waals surface area contributed by atoms with E-state index in [1.54, 1.807) is 12.1 Å². The number of carbonyl (C=O) groups excluding carboxylic acids is 2. The van der Waals surface area contributed by atoms with E-state index in [2.05, 4.69) is 5.32 Å². The second-order valence-electron chi connectivity index (χ2n) is 8.29. The molecular weight excluding hydrogens is 484 g/mol. The van der Waals surface area contributed by atoms with Gasteiger partial charge in [-0.25, -0.2) is 4.79 Å². The Bertz CT molecular complexity index is 1170. The van der Waals surface area contributed by atoms with Crippen molar-refractivity contribution in [2.75, 3.05) is 26.4 Å². The fourth-order valence-corrected chi connectivity index (χ4v) is 3.56. The van der Waals surface area contributed by atoms with Crippen LogP contribution in [0.2, 0.25) is 0 Å². The van der Waals surface area contributed by atoms with Gasteiger partial charge >= 0.3 is 6.16 Å². The number of carbonyl (C=O) groups is 2. The topological polar surface area (TPSA) is 109 Å². The molecule has 3 aromatic rings. The van der Waals surface area contributed by atoms with Gasteiger partial charge in [0.05, 0.1) is 25.8 Å². The number of nitrogens with one attached hydrogen (secondary N) is 1. The Labute approximate surface area is 223 Å². The van der Waals surface area contributed by atoms with Crippen molar-refractivity contribution in [3.05, 3.63) is 89.5 Å². The van der Waals surface area contributed by atoms with Crippen molar-refractivity contribution < 1.29 is 28.5 Å². The molecule has 38 heavy (non-hydrogen) atoms. The van der Waals surface area contributed by atoms with Crippen LogP contribution in [0.3, 0.4) is 0 Å². The van der Waals surface area contributed by atoms with Crippen molar-refractivity contribution in [2.24, 2.45) is 5.73 Å². The van der Waals surface area contributed by atoms with Gasteiger partial charge in [-0.2, -0.15) is 0 Å². The average molecular weight is 519 g/mol. The molecule has 0 saturated heterocycles. The first-order valence-electron chi connectivity index (χ1n) is 12.6. The Morgan fingerprint density at radius 3 is 2.11 bits per heavy atom. The first-order chi connectivity index (χ1) is 18.5. The highest BCUT2D eigenvalue weighted by Gasteiger charge is 2.14. The molecule has 0 saturated carbocycles. The summed E-state index contributed by atoms with van der Waals surface area (Å²) < 4.78 is 21.5. The van der Waals surface area contributed by atoms with E-state index < -0.39 is 12.2 Å². The van der Waals surface area contributed by atoms with Crippen molar-refractivity contribution in [1.29, 1.82) is 0 Å². The number of hydrogen-bond acceptors (Lipinski definition) is 7. The smallest absolute Gasteiger partial charge is 0.494 e. The zero-order valence-electron chi connectivity index (χ0n) is 21.7. The van der Waals surface area contributed by atoms with E-state index in [0.717, 1.165) is 28.2 Å². The van der Waals surface area contributed by atoms with Gasteiger partial charge in [0.2, 0.25) is 5.91 Å². The summed E-state index contributed by atoms with van der Waals surface area (Å²) in [5.74, 6) is 1.52. The van der Waals surface area contributed by atoms with E-state index in [1.807, 2.05) is 86.7 Å². The highest BCUT2D eigenvalue weighted by atomic mass is 16.7. The maximum absolute atomic E-state index is 12.1. The van der Waals surface area contributed by atoms with Crippen LogP contribution in [0.5, 0.6) is 17.2 Å². The molecule has 3 aromatic carbocycles. The lowest BCUT2D eigenvalue weighted by atomic mass is 10.1. The molecular formula is C30H34N2O6. The lowest BCUT2D eigenvalue weighted by Crippen LogP contribution is -2.43. The summed E-state index contributed by atoms with van der Waals surface area (Å²) in [6.07, 6.45) is 3.46. The van der Waals surface area contributed by atoms with E-state index in [9.17, 15) is 9.59 Å². The molecule has 1 amide bonds. The van der Waals surface area contributed by atoms with Crippen LogP contribution < -0.4 is 25.3 Å². The third kappa shape index (κ3) is 9.63. The predicted molar refractivity (Wildman–Crippen MR) is 147 cm³/mol. The van der Waals surface area contributed by atoms with Gasteiger partial charge < -0.3 is 30.0 Å². The van der Waals surface area contributed by atoms with Gasteiger partial charge in [0.1, 0.15) is 23.9 Å². The maximum Gasteiger partial charge on any atom is 0.513 e. The Balaban J connectivity index is 1.42. The fraction of sp³-hybridized carbons (Fsp3) is 0.267. The van der Waals surface area contributed by atoms with Gasteiger partial charge in [0, 0.05) is 6.07 Å². The number of ether oxygens (including phenoxy) is 4. The van der Waals surface area contributed by atoms with Crippen LogP contribution in [0.4, 0.5) is 4.79 Å². The van der Waals surface area contributed by atoms with Gasteiger partial charge in [0.15, 0.2) is 0 Å². The second kappa shape index (κ2) is 15.1. The van der Waals surface area contributed by atoms with Crippen LogP contribution >= 0.6 is 0 Å². The Morgan fingerprint density at radius 2 is 1.47 bits per heavy atom. The van der Waals surface area contributed by atoms with Crippen LogP contribution in [-0.4, -0.2) is 44.5 Å². The van der Waals surface area contributed by atoms with Crippen LogP contribution in [0.1, 0.15) is 30.5 Å². The minimum absolute atomic E-state index is 0.0337. The Morgan fingerprint density at radius 1 is 0.842 bits per heavy atom. The minimum atomic E-state index is -0.854. The van der Waals surface area contributed by atoms with E-state index in [1.165, 1.54) is 0 Å². The molecule has 8 heteroatoms. The average Bonchev–Trinajstić information content (AvgIpc) is 2.91. The zero-order chi connectivity index (χ0) is 27.2. The highest BCUT2D eigenvalue weighted by Crippen LogP contribution is 2.25. The van der Waals surface area contributed by atoms with Gasteiger partial charge in [-0.15, -0.1) is 0 Å². The summed E-state index contributed by atoms with van der Waals surface area (Å²) in [6.45, 7) is 5.11. The molecule has 1 unspecified atom stereocenters. The van der Waals surface area contributed by atoms with Crippen molar-refractivity contribution in [2.45, 2.75) is 26.3 Å². The third-order valence-corrected chi connectivity index (χ3v) is 5.33.